The molecule has 0 N–H and O–H groups in total. The lowest BCUT2D eigenvalue weighted by Gasteiger charge is -2.32. The van der Waals surface area contributed by atoms with Crippen molar-refractivity contribution in [3.63, 3.8) is 0 Å². The lowest BCUT2D eigenvalue weighted by Crippen LogP contribution is -2.44. The lowest BCUT2D eigenvalue weighted by atomic mass is 10.0. The van der Waals surface area contributed by atoms with Gasteiger partial charge in [-0.1, -0.05) is 30.3 Å². The summed E-state index contributed by atoms with van der Waals surface area (Å²) in [5, 5.41) is 0. The number of ether oxygens (including phenoxy) is 2. The predicted octanol–water partition coefficient (Wildman–Crippen LogP) is 1.87. The number of hydrogen-bond donors (Lipinski definition) is 0. The molecule has 1 heterocycles. The van der Waals surface area contributed by atoms with Gasteiger partial charge in [-0.3, -0.25) is 9.59 Å². The van der Waals surface area contributed by atoms with Crippen molar-refractivity contribution in [1.82, 2.24) is 0 Å². The monoisotopic (exact) mass is 248 g/mol. The number of esters is 1. The van der Waals surface area contributed by atoms with E-state index in [1.165, 1.54) is 6.92 Å². The fourth-order valence-electron chi connectivity index (χ4n) is 1.89. The maximum Gasteiger partial charge on any atom is 0.310 e. The van der Waals surface area contributed by atoms with Crippen molar-refractivity contribution in [2.75, 3.05) is 0 Å². The Morgan fingerprint density at radius 2 is 2.11 bits per heavy atom. The molecular formula is C14H16O4. The molecule has 0 aromatic heterocycles. The standard InChI is InChI=1S/C14H16O4/c1-10(15)7-12(13-8-14(16)18-13)17-9-11-5-3-2-4-6-11/h2-6,12-13H,7-9H2,1H3/t12-,13+/m0/s1. The summed E-state index contributed by atoms with van der Waals surface area (Å²) in [6.07, 6.45) is 0.0165. The molecule has 2 rings (SSSR count). The van der Waals surface area contributed by atoms with Gasteiger partial charge >= 0.3 is 5.97 Å². The Kier molecular flexibility index (Phi) is 4.10. The normalized spacial score (nSPS) is 19.8. The maximum absolute atomic E-state index is 11.2. The van der Waals surface area contributed by atoms with Crippen LogP contribution in [0, 0.1) is 0 Å². The van der Waals surface area contributed by atoms with Gasteiger partial charge in [-0.05, 0) is 12.5 Å². The van der Waals surface area contributed by atoms with Crippen molar-refractivity contribution >= 4 is 11.8 Å². The maximum atomic E-state index is 11.2. The average molecular weight is 248 g/mol. The zero-order valence-electron chi connectivity index (χ0n) is 10.3. The van der Waals surface area contributed by atoms with E-state index in [9.17, 15) is 9.59 Å². The van der Waals surface area contributed by atoms with Crippen LogP contribution in [-0.2, 0) is 25.7 Å². The Labute approximate surface area is 106 Å². The van der Waals surface area contributed by atoms with Crippen LogP contribution in [0.3, 0.4) is 0 Å². The van der Waals surface area contributed by atoms with Gasteiger partial charge in [-0.15, -0.1) is 0 Å². The summed E-state index contributed by atoms with van der Waals surface area (Å²) in [5.41, 5.74) is 1.04. The molecule has 1 fully saturated rings. The zero-order chi connectivity index (χ0) is 13.0. The molecule has 4 nitrogen and oxygen atoms in total. The molecule has 2 atom stereocenters. The van der Waals surface area contributed by atoms with Gasteiger partial charge in [0.25, 0.3) is 0 Å². The van der Waals surface area contributed by atoms with Crippen LogP contribution in [-0.4, -0.2) is 24.0 Å². The zero-order valence-corrected chi connectivity index (χ0v) is 10.3. The predicted molar refractivity (Wildman–Crippen MR) is 64.8 cm³/mol. The van der Waals surface area contributed by atoms with E-state index in [1.807, 2.05) is 30.3 Å². The number of rotatable bonds is 6. The number of ketones is 1. The Morgan fingerprint density at radius 3 is 2.67 bits per heavy atom. The van der Waals surface area contributed by atoms with Gasteiger partial charge in [-0.2, -0.15) is 0 Å². The number of hydrogen-bond acceptors (Lipinski definition) is 4. The highest BCUT2D eigenvalue weighted by molar-refractivity contribution is 5.78. The summed E-state index contributed by atoms with van der Waals surface area (Å²) in [6, 6.07) is 9.71. The number of carbonyl (C=O) groups excluding carboxylic acids is 2. The second-order valence-electron chi connectivity index (χ2n) is 4.47. The molecule has 96 valence electrons. The van der Waals surface area contributed by atoms with E-state index < -0.39 is 0 Å². The van der Waals surface area contributed by atoms with Crippen LogP contribution in [0.2, 0.25) is 0 Å². The van der Waals surface area contributed by atoms with Crippen molar-refractivity contribution < 1.29 is 19.1 Å². The van der Waals surface area contributed by atoms with Crippen LogP contribution < -0.4 is 0 Å². The van der Waals surface area contributed by atoms with E-state index in [4.69, 9.17) is 9.47 Å². The number of Topliss-reactive ketones (excluding diaryl/α,β-unsaturated/α-hetero) is 1. The average Bonchev–Trinajstić information content (AvgIpc) is 2.32. The van der Waals surface area contributed by atoms with E-state index in [0.717, 1.165) is 5.56 Å². The van der Waals surface area contributed by atoms with Gasteiger partial charge in [-0.25, -0.2) is 0 Å². The largest absolute Gasteiger partial charge is 0.459 e. The van der Waals surface area contributed by atoms with Gasteiger partial charge < -0.3 is 9.47 Å². The van der Waals surface area contributed by atoms with E-state index in [0.29, 0.717) is 13.0 Å². The van der Waals surface area contributed by atoms with Gasteiger partial charge in [0.2, 0.25) is 0 Å². The molecule has 1 aromatic carbocycles. The molecule has 0 spiro atoms. The van der Waals surface area contributed by atoms with Crippen LogP contribution in [0.5, 0.6) is 0 Å². The van der Waals surface area contributed by atoms with Gasteiger partial charge in [0, 0.05) is 6.42 Å². The quantitative estimate of drug-likeness (QED) is 0.721. The Bertz CT molecular complexity index is 419. The lowest BCUT2D eigenvalue weighted by molar-refractivity contribution is -0.186. The minimum atomic E-state index is -0.333. The third-order valence-corrected chi connectivity index (χ3v) is 2.86. The Balaban J connectivity index is 1.89. The molecule has 18 heavy (non-hydrogen) atoms. The molecule has 1 aromatic rings. The first-order valence-corrected chi connectivity index (χ1v) is 5.99. The highest BCUT2D eigenvalue weighted by Gasteiger charge is 2.37. The van der Waals surface area contributed by atoms with E-state index in [1.54, 1.807) is 0 Å². The molecule has 1 aliphatic heterocycles. The van der Waals surface area contributed by atoms with Crippen molar-refractivity contribution in [2.24, 2.45) is 0 Å². The van der Waals surface area contributed by atoms with Crippen LogP contribution >= 0.6 is 0 Å². The van der Waals surface area contributed by atoms with Crippen LogP contribution in [0.1, 0.15) is 25.3 Å². The second-order valence-corrected chi connectivity index (χ2v) is 4.47. The van der Waals surface area contributed by atoms with E-state index in [-0.39, 0.29) is 30.4 Å². The number of carbonyl (C=O) groups is 2. The van der Waals surface area contributed by atoms with Gasteiger partial charge in [0.1, 0.15) is 18.0 Å². The second kappa shape index (κ2) is 5.78. The smallest absolute Gasteiger partial charge is 0.310 e. The third-order valence-electron chi connectivity index (χ3n) is 2.86. The molecular weight excluding hydrogens is 232 g/mol. The number of benzene rings is 1. The molecule has 0 bridgehead atoms. The molecule has 1 aliphatic rings. The highest BCUT2D eigenvalue weighted by atomic mass is 16.6. The molecule has 4 heteroatoms. The fourth-order valence-corrected chi connectivity index (χ4v) is 1.89. The molecule has 1 saturated heterocycles. The summed E-state index contributed by atoms with van der Waals surface area (Å²) in [4.78, 5) is 22.0. The SMILES string of the molecule is CC(=O)C[C@H](OCc1ccccc1)[C@H]1CC(=O)O1. The van der Waals surface area contributed by atoms with Crippen molar-refractivity contribution in [3.8, 4) is 0 Å². The van der Waals surface area contributed by atoms with Crippen molar-refractivity contribution in [2.45, 2.75) is 38.6 Å². The van der Waals surface area contributed by atoms with Gasteiger partial charge in [0.05, 0.1) is 13.0 Å². The minimum absolute atomic E-state index is 0.0380. The third kappa shape index (κ3) is 3.40. The molecule has 0 unspecified atom stereocenters. The first kappa shape index (κ1) is 12.8. The molecule has 0 radical (unpaired) electrons. The first-order chi connectivity index (χ1) is 8.65. The van der Waals surface area contributed by atoms with Crippen LogP contribution in [0.4, 0.5) is 0 Å². The first-order valence-electron chi connectivity index (χ1n) is 5.99. The highest BCUT2D eigenvalue weighted by Crippen LogP contribution is 2.22. The summed E-state index contributed by atoms with van der Waals surface area (Å²) < 4.78 is 10.7. The molecule has 0 aliphatic carbocycles. The van der Waals surface area contributed by atoms with Gasteiger partial charge in [0.15, 0.2) is 0 Å². The Hall–Kier alpha value is -1.68. The Morgan fingerprint density at radius 1 is 1.44 bits per heavy atom. The van der Waals surface area contributed by atoms with E-state index in [2.05, 4.69) is 0 Å². The van der Waals surface area contributed by atoms with Crippen LogP contribution in [0.25, 0.3) is 0 Å². The summed E-state index contributed by atoms with van der Waals surface area (Å²) >= 11 is 0. The van der Waals surface area contributed by atoms with Crippen LogP contribution in [0.15, 0.2) is 30.3 Å². The summed E-state index contributed by atoms with van der Waals surface area (Å²) in [7, 11) is 0. The fraction of sp³-hybridized carbons (Fsp3) is 0.429. The van der Waals surface area contributed by atoms with Crippen molar-refractivity contribution in [1.29, 1.82) is 0 Å². The van der Waals surface area contributed by atoms with Crippen molar-refractivity contribution in [3.05, 3.63) is 35.9 Å². The number of cyclic esters (lactones) is 1. The molecule has 0 amide bonds. The topological polar surface area (TPSA) is 52.6 Å². The minimum Gasteiger partial charge on any atom is -0.459 e. The van der Waals surface area contributed by atoms with E-state index >= 15 is 0 Å². The molecule has 0 saturated carbocycles. The summed E-state index contributed by atoms with van der Waals surface area (Å²) in [5.74, 6) is -0.187. The summed E-state index contributed by atoms with van der Waals surface area (Å²) in [6.45, 7) is 1.94.